The highest BCUT2D eigenvalue weighted by Gasteiger charge is 2.03. The van der Waals surface area contributed by atoms with Gasteiger partial charge in [0.05, 0.1) is 0 Å². The predicted octanol–water partition coefficient (Wildman–Crippen LogP) is 2.88. The molecule has 0 spiro atoms. The van der Waals surface area contributed by atoms with Crippen molar-refractivity contribution in [2.45, 2.75) is 13.8 Å². The van der Waals surface area contributed by atoms with E-state index in [0.717, 1.165) is 4.70 Å². The lowest BCUT2D eigenvalue weighted by Gasteiger charge is -2.00. The van der Waals surface area contributed by atoms with Crippen molar-refractivity contribution in [2.75, 3.05) is 0 Å². The first kappa shape index (κ1) is 5.55. The summed E-state index contributed by atoms with van der Waals surface area (Å²) in [5, 5.41) is 0.595. The summed E-state index contributed by atoms with van der Waals surface area (Å²) in [5.74, 6) is 0. The predicted molar refractivity (Wildman–Crippen MR) is 57.6 cm³/mol. The third kappa shape index (κ3) is 1.27. The molecule has 0 saturated carbocycles. The Hall–Kier alpha value is -1.15. The van der Waals surface area contributed by atoms with Gasteiger partial charge in [0, 0.05) is 24.6 Å². The minimum atomic E-state index is -2.21. The lowest BCUT2D eigenvalue weighted by atomic mass is 10.2. The van der Waals surface area contributed by atoms with E-state index in [9.17, 15) is 4.79 Å². The van der Waals surface area contributed by atoms with E-state index in [4.69, 9.17) is 4.11 Å². The van der Waals surface area contributed by atoms with Crippen molar-refractivity contribution in [3.05, 3.63) is 44.9 Å². The first-order valence-corrected chi connectivity index (χ1v) is 4.76. The summed E-state index contributed by atoms with van der Waals surface area (Å²) >= 11 is 1.17. The van der Waals surface area contributed by atoms with Gasteiger partial charge in [0.25, 0.3) is 0 Å². The summed E-state index contributed by atoms with van der Waals surface area (Å²) < 4.78 is 22.9. The normalized spacial score (nSPS) is 15.0. The van der Waals surface area contributed by atoms with Gasteiger partial charge < -0.3 is 0 Å². The third-order valence-electron chi connectivity index (χ3n) is 2.02. The highest BCUT2D eigenvalue weighted by atomic mass is 32.1. The fourth-order valence-corrected chi connectivity index (χ4v) is 2.12. The average molecular weight is 193 g/mol. The molecule has 0 fully saturated rings. The van der Waals surface area contributed by atoms with Crippen LogP contribution in [0.2, 0.25) is 0 Å². The van der Waals surface area contributed by atoms with Crippen molar-refractivity contribution in [3.63, 3.8) is 0 Å². The zero-order chi connectivity index (χ0) is 11.9. The van der Waals surface area contributed by atoms with E-state index >= 15 is 0 Å². The zero-order valence-corrected chi connectivity index (χ0v) is 7.94. The Morgan fingerprint density at radius 1 is 1.38 bits per heavy atom. The molecule has 2 rings (SSSR count). The maximum absolute atomic E-state index is 12.0. The maximum atomic E-state index is 12.0. The summed E-state index contributed by atoms with van der Waals surface area (Å²) in [6.45, 7) is -0.634. The van der Waals surface area contributed by atoms with Gasteiger partial charge in [-0.05, 0) is 25.9 Å². The molecular weight excluding hydrogens is 180 g/mol. The fraction of sp³-hybridized carbons (Fsp3) is 0.182. The number of rotatable bonds is 0. The molecule has 2 aromatic rings. The molecule has 0 N–H and O–H groups in total. The lowest BCUT2D eigenvalue weighted by Crippen LogP contribution is -2.05. The summed E-state index contributed by atoms with van der Waals surface area (Å²) in [6.07, 6.45) is 0. The molecular formula is C11H10OS. The molecule has 1 nitrogen and oxygen atoms in total. The summed E-state index contributed by atoms with van der Waals surface area (Å²) in [4.78, 5) is 12.1. The molecule has 0 unspecified atom stereocenters. The second-order valence-corrected chi connectivity index (χ2v) is 3.93. The molecule has 1 aromatic carbocycles. The first-order valence-electron chi connectivity index (χ1n) is 5.44. The van der Waals surface area contributed by atoms with Crippen molar-refractivity contribution in [1.29, 1.82) is 0 Å². The molecule has 1 heterocycles. The van der Waals surface area contributed by atoms with Gasteiger partial charge >= 0.3 is 0 Å². The quantitative estimate of drug-likeness (QED) is 0.628. The standard InChI is InChI=1S/C11H10OS/c1-7-8(2)13-10-6-4-3-5-9(10)11(7)12/h3-6H,1-2H3/i2D3. The van der Waals surface area contributed by atoms with E-state index in [1.54, 1.807) is 31.2 Å². The summed E-state index contributed by atoms with van der Waals surface area (Å²) in [7, 11) is 0. The Labute approximate surface area is 84.9 Å². The molecule has 13 heavy (non-hydrogen) atoms. The largest absolute Gasteiger partial charge is 0.289 e. The number of benzene rings is 1. The summed E-state index contributed by atoms with van der Waals surface area (Å²) in [5.41, 5.74) is 0.157. The van der Waals surface area contributed by atoms with Gasteiger partial charge in [-0.2, -0.15) is 0 Å². The molecule has 1 aromatic heterocycles. The van der Waals surface area contributed by atoms with Crippen molar-refractivity contribution < 1.29 is 4.11 Å². The zero-order valence-electron chi connectivity index (χ0n) is 10.1. The van der Waals surface area contributed by atoms with Crippen LogP contribution < -0.4 is 5.43 Å². The van der Waals surface area contributed by atoms with Crippen molar-refractivity contribution in [1.82, 2.24) is 0 Å². The molecule has 66 valence electrons. The maximum Gasteiger partial charge on any atom is 0.191 e. The average Bonchev–Trinajstić information content (AvgIpc) is 2.22. The smallest absolute Gasteiger partial charge is 0.191 e. The molecule has 0 aliphatic rings. The molecule has 0 radical (unpaired) electrons. The van der Waals surface area contributed by atoms with E-state index in [1.165, 1.54) is 11.3 Å². The van der Waals surface area contributed by atoms with Crippen LogP contribution >= 0.6 is 11.3 Å². The van der Waals surface area contributed by atoms with Crippen LogP contribution in [0, 0.1) is 13.8 Å². The van der Waals surface area contributed by atoms with Crippen molar-refractivity contribution >= 4 is 21.4 Å². The minimum Gasteiger partial charge on any atom is -0.289 e. The molecule has 0 atom stereocenters. The first-order chi connectivity index (χ1) is 7.41. The summed E-state index contributed by atoms with van der Waals surface area (Å²) in [6, 6.07) is 7.09. The van der Waals surface area contributed by atoms with Gasteiger partial charge in [0.2, 0.25) is 0 Å². The molecule has 0 aliphatic heterocycles. The Balaban J connectivity index is 2.90. The highest BCUT2D eigenvalue weighted by Crippen LogP contribution is 2.20. The van der Waals surface area contributed by atoms with Gasteiger partial charge in [-0.1, -0.05) is 12.1 Å². The van der Waals surface area contributed by atoms with Gasteiger partial charge in [-0.25, -0.2) is 0 Å². The van der Waals surface area contributed by atoms with Crippen LogP contribution in [0.25, 0.3) is 10.1 Å². The second-order valence-electron chi connectivity index (χ2n) is 2.88. The lowest BCUT2D eigenvalue weighted by molar-refractivity contribution is 1.38. The Morgan fingerprint density at radius 2 is 2.15 bits per heavy atom. The topological polar surface area (TPSA) is 17.1 Å². The minimum absolute atomic E-state index is 0.180. The number of fused-ring (bicyclic) bond motifs is 1. The number of hydrogen-bond acceptors (Lipinski definition) is 2. The van der Waals surface area contributed by atoms with E-state index in [1.807, 2.05) is 0 Å². The van der Waals surface area contributed by atoms with Crippen LogP contribution in [0.1, 0.15) is 14.6 Å². The Morgan fingerprint density at radius 3 is 2.92 bits per heavy atom. The molecule has 0 bridgehead atoms. The third-order valence-corrected chi connectivity index (χ3v) is 3.11. The molecule has 0 aliphatic carbocycles. The van der Waals surface area contributed by atoms with Gasteiger partial charge in [0.1, 0.15) is 0 Å². The van der Waals surface area contributed by atoms with Crippen LogP contribution in [-0.4, -0.2) is 0 Å². The van der Waals surface area contributed by atoms with E-state index in [0.29, 0.717) is 10.9 Å². The number of aryl methyl sites for hydroxylation is 1. The van der Waals surface area contributed by atoms with Gasteiger partial charge in [0.15, 0.2) is 5.43 Å². The van der Waals surface area contributed by atoms with E-state index in [2.05, 4.69) is 0 Å². The van der Waals surface area contributed by atoms with Crippen molar-refractivity contribution in [3.8, 4) is 0 Å². The Bertz CT molecular complexity index is 598. The van der Waals surface area contributed by atoms with E-state index < -0.39 is 6.85 Å². The Kier molecular flexibility index (Phi) is 1.27. The van der Waals surface area contributed by atoms with Gasteiger partial charge in [-0.3, -0.25) is 4.79 Å². The van der Waals surface area contributed by atoms with Gasteiger partial charge in [-0.15, -0.1) is 11.3 Å². The van der Waals surface area contributed by atoms with Crippen LogP contribution in [0.3, 0.4) is 0 Å². The molecule has 0 amide bonds. The van der Waals surface area contributed by atoms with Crippen LogP contribution in [0.5, 0.6) is 0 Å². The number of hydrogen-bond donors (Lipinski definition) is 0. The highest BCUT2D eigenvalue weighted by molar-refractivity contribution is 7.18. The molecule has 2 heteroatoms. The monoisotopic (exact) mass is 193 g/mol. The van der Waals surface area contributed by atoms with Crippen LogP contribution in [0.4, 0.5) is 0 Å². The van der Waals surface area contributed by atoms with Crippen LogP contribution in [-0.2, 0) is 0 Å². The fourth-order valence-electron chi connectivity index (χ4n) is 1.23. The van der Waals surface area contributed by atoms with E-state index in [-0.39, 0.29) is 10.3 Å². The molecule has 0 saturated heterocycles. The SMILES string of the molecule is [2H]C([2H])([2H])c1sc2ccccc2c(=O)c1C. The van der Waals surface area contributed by atoms with Crippen molar-refractivity contribution in [2.24, 2.45) is 0 Å². The second kappa shape index (κ2) is 2.96. The van der Waals surface area contributed by atoms with Crippen LogP contribution in [0.15, 0.2) is 29.1 Å².